The molecular weight excluding hydrogens is 280 g/mol. The van der Waals surface area contributed by atoms with Gasteiger partial charge in [0.05, 0.1) is 11.5 Å². The first-order valence-corrected chi connectivity index (χ1v) is 8.74. The van der Waals surface area contributed by atoms with E-state index in [0.29, 0.717) is 6.61 Å². The first-order chi connectivity index (χ1) is 7.86. The van der Waals surface area contributed by atoms with Crippen molar-refractivity contribution in [2.24, 2.45) is 0 Å². The summed E-state index contributed by atoms with van der Waals surface area (Å²) in [6.07, 6.45) is 2.01. The van der Waals surface area contributed by atoms with Gasteiger partial charge in [0.25, 0.3) is 9.05 Å². The summed E-state index contributed by atoms with van der Waals surface area (Å²) in [5, 5.41) is 0. The number of hydrogen-bond acceptors (Lipinski definition) is 4. The van der Waals surface area contributed by atoms with Crippen LogP contribution in [0.5, 0.6) is 5.75 Å². The van der Waals surface area contributed by atoms with Crippen molar-refractivity contribution in [2.45, 2.75) is 18.7 Å². The molecule has 0 aliphatic rings. The molecular formula is C11H15ClO3S2. The molecule has 96 valence electrons. The van der Waals surface area contributed by atoms with Gasteiger partial charge in [-0.05, 0) is 43.4 Å². The number of halogens is 1. The van der Waals surface area contributed by atoms with Gasteiger partial charge in [-0.3, -0.25) is 0 Å². The van der Waals surface area contributed by atoms with Gasteiger partial charge in [0.15, 0.2) is 0 Å². The number of aryl methyl sites for hydroxylation is 2. The minimum absolute atomic E-state index is 0.117. The van der Waals surface area contributed by atoms with Crippen molar-refractivity contribution in [3.63, 3.8) is 0 Å². The predicted octanol–water partition coefficient (Wildman–Crippen LogP) is 2.97. The molecule has 0 aliphatic heterocycles. The van der Waals surface area contributed by atoms with E-state index in [-0.39, 0.29) is 4.90 Å². The van der Waals surface area contributed by atoms with E-state index in [0.717, 1.165) is 22.6 Å². The molecule has 0 aromatic heterocycles. The molecule has 0 atom stereocenters. The topological polar surface area (TPSA) is 43.4 Å². The lowest BCUT2D eigenvalue weighted by Gasteiger charge is -2.12. The minimum atomic E-state index is -3.68. The van der Waals surface area contributed by atoms with Crippen LogP contribution in [0.1, 0.15) is 11.1 Å². The molecule has 0 heterocycles. The van der Waals surface area contributed by atoms with E-state index in [1.165, 1.54) is 12.1 Å². The number of rotatable bonds is 5. The van der Waals surface area contributed by atoms with Crippen LogP contribution in [0, 0.1) is 13.8 Å². The molecule has 0 unspecified atom stereocenters. The molecule has 0 saturated carbocycles. The van der Waals surface area contributed by atoms with Crippen molar-refractivity contribution in [2.75, 3.05) is 18.6 Å². The van der Waals surface area contributed by atoms with Crippen molar-refractivity contribution in [1.29, 1.82) is 0 Å². The van der Waals surface area contributed by atoms with Crippen molar-refractivity contribution in [3.8, 4) is 5.75 Å². The monoisotopic (exact) mass is 294 g/mol. The highest BCUT2D eigenvalue weighted by molar-refractivity contribution is 8.13. The maximum absolute atomic E-state index is 11.2. The number of hydrogen-bond donors (Lipinski definition) is 0. The molecule has 1 aromatic rings. The normalized spacial score (nSPS) is 11.5. The Morgan fingerprint density at radius 3 is 2.24 bits per heavy atom. The second-order valence-corrected chi connectivity index (χ2v) is 7.22. The molecule has 1 aromatic carbocycles. The van der Waals surface area contributed by atoms with E-state index in [1.54, 1.807) is 11.8 Å². The van der Waals surface area contributed by atoms with Crippen molar-refractivity contribution >= 4 is 31.5 Å². The number of thioether (sulfide) groups is 1. The standard InChI is InChI=1S/C11H15ClO3S2/c1-8-6-10(17(12,13)14)7-9(2)11(8)15-4-5-16-3/h6-7H,4-5H2,1-3H3. The maximum Gasteiger partial charge on any atom is 0.261 e. The zero-order valence-electron chi connectivity index (χ0n) is 9.99. The van der Waals surface area contributed by atoms with Gasteiger partial charge in [-0.1, -0.05) is 0 Å². The van der Waals surface area contributed by atoms with Gasteiger partial charge in [0.1, 0.15) is 5.75 Å². The fourth-order valence-corrected chi connectivity index (χ4v) is 2.66. The molecule has 17 heavy (non-hydrogen) atoms. The molecule has 0 saturated heterocycles. The number of ether oxygens (including phenoxy) is 1. The number of benzene rings is 1. The maximum atomic E-state index is 11.2. The third-order valence-electron chi connectivity index (χ3n) is 2.25. The van der Waals surface area contributed by atoms with Crippen LogP contribution in [-0.4, -0.2) is 27.0 Å². The fraction of sp³-hybridized carbons (Fsp3) is 0.455. The highest BCUT2D eigenvalue weighted by Crippen LogP contribution is 2.28. The van der Waals surface area contributed by atoms with Crippen LogP contribution in [0.15, 0.2) is 17.0 Å². The quantitative estimate of drug-likeness (QED) is 0.618. The second-order valence-electron chi connectivity index (χ2n) is 3.67. The SMILES string of the molecule is CSCCOc1c(C)cc(S(=O)(=O)Cl)cc1C. The Hall–Kier alpha value is -0.390. The smallest absolute Gasteiger partial charge is 0.261 e. The Labute approximate surface area is 111 Å². The molecule has 0 spiro atoms. The van der Waals surface area contributed by atoms with E-state index in [9.17, 15) is 8.42 Å². The molecule has 0 bridgehead atoms. The fourth-order valence-electron chi connectivity index (χ4n) is 1.51. The van der Waals surface area contributed by atoms with E-state index >= 15 is 0 Å². The Bertz CT molecular complexity index is 474. The van der Waals surface area contributed by atoms with Gasteiger partial charge in [0.2, 0.25) is 0 Å². The molecule has 0 fully saturated rings. The van der Waals surface area contributed by atoms with Gasteiger partial charge < -0.3 is 4.74 Å². The van der Waals surface area contributed by atoms with E-state index in [2.05, 4.69) is 0 Å². The summed E-state index contributed by atoms with van der Waals surface area (Å²) in [5.74, 6) is 1.64. The summed E-state index contributed by atoms with van der Waals surface area (Å²) >= 11 is 1.70. The highest BCUT2D eigenvalue weighted by atomic mass is 35.7. The van der Waals surface area contributed by atoms with Gasteiger partial charge >= 0.3 is 0 Å². The molecule has 0 amide bonds. The average molecular weight is 295 g/mol. The third kappa shape index (κ3) is 4.08. The van der Waals surface area contributed by atoms with Crippen LogP contribution in [0.3, 0.4) is 0 Å². The predicted molar refractivity (Wildman–Crippen MR) is 72.8 cm³/mol. The lowest BCUT2D eigenvalue weighted by atomic mass is 10.1. The van der Waals surface area contributed by atoms with Crippen molar-refractivity contribution < 1.29 is 13.2 Å². The van der Waals surface area contributed by atoms with Gasteiger partial charge in [-0.2, -0.15) is 11.8 Å². The summed E-state index contributed by atoms with van der Waals surface area (Å²) in [4.78, 5) is 0.117. The molecule has 1 rings (SSSR count). The lowest BCUT2D eigenvalue weighted by molar-refractivity contribution is 0.339. The van der Waals surface area contributed by atoms with Crippen LogP contribution in [0.25, 0.3) is 0 Å². The minimum Gasteiger partial charge on any atom is -0.492 e. The zero-order valence-corrected chi connectivity index (χ0v) is 12.4. The van der Waals surface area contributed by atoms with Gasteiger partial charge in [0, 0.05) is 16.4 Å². The van der Waals surface area contributed by atoms with E-state index in [1.807, 2.05) is 20.1 Å². The van der Waals surface area contributed by atoms with Crippen LogP contribution >= 0.6 is 22.4 Å². The van der Waals surface area contributed by atoms with E-state index < -0.39 is 9.05 Å². The highest BCUT2D eigenvalue weighted by Gasteiger charge is 2.14. The largest absolute Gasteiger partial charge is 0.492 e. The van der Waals surface area contributed by atoms with Crippen LogP contribution < -0.4 is 4.74 Å². The summed E-state index contributed by atoms with van der Waals surface area (Å²) in [6, 6.07) is 3.06. The summed E-state index contributed by atoms with van der Waals surface area (Å²) in [6.45, 7) is 4.23. The third-order valence-corrected chi connectivity index (χ3v) is 4.16. The van der Waals surface area contributed by atoms with Crippen LogP contribution in [0.4, 0.5) is 0 Å². The van der Waals surface area contributed by atoms with Gasteiger partial charge in [-0.15, -0.1) is 0 Å². The van der Waals surface area contributed by atoms with E-state index in [4.69, 9.17) is 15.4 Å². The molecule has 3 nitrogen and oxygen atoms in total. The molecule has 0 N–H and O–H groups in total. The summed E-state index contributed by atoms with van der Waals surface area (Å²) < 4.78 is 28.1. The van der Waals surface area contributed by atoms with Crippen LogP contribution in [-0.2, 0) is 9.05 Å². The molecule has 0 aliphatic carbocycles. The van der Waals surface area contributed by atoms with Crippen molar-refractivity contribution in [1.82, 2.24) is 0 Å². The second kappa shape index (κ2) is 5.98. The summed E-state index contributed by atoms with van der Waals surface area (Å²) in [7, 11) is 1.63. The lowest BCUT2D eigenvalue weighted by Crippen LogP contribution is -2.04. The first kappa shape index (κ1) is 14.7. The average Bonchev–Trinajstić information content (AvgIpc) is 2.20. The Morgan fingerprint density at radius 2 is 1.82 bits per heavy atom. The Balaban J connectivity index is 3.03. The zero-order chi connectivity index (χ0) is 13.1. The van der Waals surface area contributed by atoms with Crippen LogP contribution in [0.2, 0.25) is 0 Å². The Kier molecular flexibility index (Phi) is 5.16. The van der Waals surface area contributed by atoms with Crippen molar-refractivity contribution in [3.05, 3.63) is 23.3 Å². The first-order valence-electron chi connectivity index (χ1n) is 5.04. The molecule has 0 radical (unpaired) electrons. The van der Waals surface area contributed by atoms with Gasteiger partial charge in [-0.25, -0.2) is 8.42 Å². The molecule has 6 heteroatoms. The summed E-state index contributed by atoms with van der Waals surface area (Å²) in [5.41, 5.74) is 1.57. The Morgan fingerprint density at radius 1 is 1.29 bits per heavy atom.